The van der Waals surface area contributed by atoms with Crippen molar-refractivity contribution in [2.75, 3.05) is 7.11 Å². The minimum absolute atomic E-state index is 0.215. The molecular formula is C21H20N2O2. The summed E-state index contributed by atoms with van der Waals surface area (Å²) in [4.78, 5) is 12.6. The van der Waals surface area contributed by atoms with E-state index in [4.69, 9.17) is 9.84 Å². The van der Waals surface area contributed by atoms with E-state index in [0.717, 1.165) is 46.8 Å². The largest absolute Gasteiger partial charge is 0.497 e. The van der Waals surface area contributed by atoms with Crippen LogP contribution in [0, 0.1) is 0 Å². The molecule has 0 unspecified atom stereocenters. The van der Waals surface area contributed by atoms with Crippen molar-refractivity contribution in [2.24, 2.45) is 0 Å². The third-order valence-corrected chi connectivity index (χ3v) is 4.68. The van der Waals surface area contributed by atoms with E-state index >= 15 is 0 Å². The topological polar surface area (TPSA) is 44.1 Å². The molecule has 0 atom stereocenters. The predicted molar refractivity (Wildman–Crippen MR) is 96.6 cm³/mol. The lowest BCUT2D eigenvalue weighted by Crippen LogP contribution is -2.13. The first kappa shape index (κ1) is 15.6. The number of nitrogens with zero attached hydrogens (tertiary/aromatic N) is 2. The number of ether oxygens (including phenoxy) is 1. The van der Waals surface area contributed by atoms with Gasteiger partial charge >= 0.3 is 0 Å². The molecule has 2 aromatic carbocycles. The van der Waals surface area contributed by atoms with E-state index in [1.54, 1.807) is 7.11 Å². The van der Waals surface area contributed by atoms with Gasteiger partial charge in [-0.25, -0.2) is 4.68 Å². The fourth-order valence-corrected chi connectivity index (χ4v) is 3.44. The van der Waals surface area contributed by atoms with Crippen molar-refractivity contribution < 1.29 is 9.53 Å². The molecule has 0 spiro atoms. The Bertz CT molecular complexity index is 896. The summed E-state index contributed by atoms with van der Waals surface area (Å²) in [6.07, 6.45) is 3.05. The summed E-state index contributed by atoms with van der Waals surface area (Å²) in [7, 11) is 1.66. The number of hydrogen-bond donors (Lipinski definition) is 0. The average molecular weight is 332 g/mol. The first-order chi connectivity index (χ1) is 12.3. The second-order valence-corrected chi connectivity index (χ2v) is 6.32. The Morgan fingerprint density at radius 2 is 1.80 bits per heavy atom. The maximum Gasteiger partial charge on any atom is 0.166 e. The van der Waals surface area contributed by atoms with Gasteiger partial charge < -0.3 is 4.74 Å². The summed E-state index contributed by atoms with van der Waals surface area (Å²) in [6.45, 7) is 0. The van der Waals surface area contributed by atoms with E-state index in [-0.39, 0.29) is 5.78 Å². The Balaban J connectivity index is 1.76. The number of ketones is 1. The molecule has 0 aliphatic heterocycles. The number of para-hydroxylation sites is 1. The Morgan fingerprint density at radius 3 is 2.52 bits per heavy atom. The van der Waals surface area contributed by atoms with Crippen LogP contribution < -0.4 is 4.74 Å². The summed E-state index contributed by atoms with van der Waals surface area (Å²) in [5.41, 5.74) is 4.87. The van der Waals surface area contributed by atoms with Gasteiger partial charge in [-0.05, 0) is 42.7 Å². The minimum atomic E-state index is 0.215. The highest BCUT2D eigenvalue weighted by Crippen LogP contribution is 2.28. The van der Waals surface area contributed by atoms with Crippen LogP contribution in [0.4, 0.5) is 0 Å². The van der Waals surface area contributed by atoms with Gasteiger partial charge in [0.05, 0.1) is 29.7 Å². The number of benzene rings is 2. The van der Waals surface area contributed by atoms with Crippen LogP contribution in [0.2, 0.25) is 0 Å². The summed E-state index contributed by atoms with van der Waals surface area (Å²) in [6, 6.07) is 18.0. The van der Waals surface area contributed by atoms with Gasteiger partial charge in [0.2, 0.25) is 0 Å². The number of Topliss-reactive ketones (excluding diaryl/α,β-unsaturated/α-hetero) is 1. The zero-order valence-corrected chi connectivity index (χ0v) is 14.2. The molecule has 4 heteroatoms. The Labute approximate surface area is 147 Å². The lowest BCUT2D eigenvalue weighted by molar-refractivity contribution is 0.0971. The molecule has 1 aromatic heterocycles. The molecule has 0 saturated carbocycles. The highest BCUT2D eigenvalue weighted by molar-refractivity contribution is 5.99. The molecule has 0 saturated heterocycles. The number of methoxy groups -OCH3 is 1. The van der Waals surface area contributed by atoms with E-state index in [9.17, 15) is 4.79 Å². The molecule has 4 rings (SSSR count). The summed E-state index contributed by atoms with van der Waals surface area (Å²) >= 11 is 0. The standard InChI is InChI=1S/C21H20N2O2/c1-25-17-12-10-15(11-13-17)14-18-21-19(8-5-9-20(21)24)23(22-18)16-6-3-2-4-7-16/h2-4,6-7,10-13H,5,8-9,14H2,1H3. The minimum Gasteiger partial charge on any atom is -0.497 e. The van der Waals surface area contributed by atoms with Crippen molar-refractivity contribution in [3.05, 3.63) is 77.1 Å². The van der Waals surface area contributed by atoms with Gasteiger partial charge in [-0.15, -0.1) is 0 Å². The van der Waals surface area contributed by atoms with E-state index in [0.29, 0.717) is 12.8 Å². The van der Waals surface area contributed by atoms with Crippen LogP contribution in [0.1, 0.15) is 40.2 Å². The monoisotopic (exact) mass is 332 g/mol. The molecule has 4 nitrogen and oxygen atoms in total. The number of carbonyl (C=O) groups is 1. The van der Waals surface area contributed by atoms with Gasteiger partial charge in [0.15, 0.2) is 5.78 Å². The molecule has 0 N–H and O–H groups in total. The van der Waals surface area contributed by atoms with Crippen LogP contribution in [0.3, 0.4) is 0 Å². The molecule has 0 bridgehead atoms. The third-order valence-electron chi connectivity index (χ3n) is 4.68. The van der Waals surface area contributed by atoms with Crippen molar-refractivity contribution >= 4 is 5.78 Å². The fraction of sp³-hybridized carbons (Fsp3) is 0.238. The second kappa shape index (κ2) is 6.55. The lowest BCUT2D eigenvalue weighted by Gasteiger charge is -2.13. The molecular weight excluding hydrogens is 312 g/mol. The van der Waals surface area contributed by atoms with E-state index in [1.807, 2.05) is 59.3 Å². The fourth-order valence-electron chi connectivity index (χ4n) is 3.44. The lowest BCUT2D eigenvalue weighted by atomic mass is 9.92. The van der Waals surface area contributed by atoms with Crippen molar-refractivity contribution in [1.82, 2.24) is 9.78 Å². The van der Waals surface area contributed by atoms with Crippen LogP contribution in [0.25, 0.3) is 5.69 Å². The maximum absolute atomic E-state index is 12.6. The number of aromatic nitrogens is 2. The predicted octanol–water partition coefficient (Wildman–Crippen LogP) is 3.99. The molecule has 1 heterocycles. The molecule has 1 aliphatic rings. The normalized spacial score (nSPS) is 13.6. The Kier molecular flexibility index (Phi) is 4.10. The van der Waals surface area contributed by atoms with Crippen molar-refractivity contribution in [3.63, 3.8) is 0 Å². The smallest absolute Gasteiger partial charge is 0.166 e. The molecule has 0 fully saturated rings. The first-order valence-electron chi connectivity index (χ1n) is 8.58. The number of rotatable bonds is 4. The van der Waals surface area contributed by atoms with E-state index < -0.39 is 0 Å². The molecule has 0 amide bonds. The van der Waals surface area contributed by atoms with Gasteiger partial charge in [0, 0.05) is 12.8 Å². The summed E-state index contributed by atoms with van der Waals surface area (Å²) < 4.78 is 7.16. The van der Waals surface area contributed by atoms with Gasteiger partial charge in [-0.2, -0.15) is 5.10 Å². The Hall–Kier alpha value is -2.88. The van der Waals surface area contributed by atoms with Gasteiger partial charge in [-0.3, -0.25) is 4.79 Å². The van der Waals surface area contributed by atoms with Crippen molar-refractivity contribution in [1.29, 1.82) is 0 Å². The maximum atomic E-state index is 12.6. The Morgan fingerprint density at radius 1 is 1.04 bits per heavy atom. The number of hydrogen-bond acceptors (Lipinski definition) is 3. The highest BCUT2D eigenvalue weighted by atomic mass is 16.5. The van der Waals surface area contributed by atoms with Crippen LogP contribution in [-0.2, 0) is 12.8 Å². The highest BCUT2D eigenvalue weighted by Gasteiger charge is 2.27. The van der Waals surface area contributed by atoms with Crippen LogP contribution >= 0.6 is 0 Å². The van der Waals surface area contributed by atoms with Crippen LogP contribution in [0.15, 0.2) is 54.6 Å². The number of carbonyl (C=O) groups excluding carboxylic acids is 1. The van der Waals surface area contributed by atoms with Gasteiger partial charge in [-0.1, -0.05) is 30.3 Å². The SMILES string of the molecule is COc1ccc(Cc2nn(-c3ccccc3)c3c2C(=O)CCC3)cc1. The summed E-state index contributed by atoms with van der Waals surface area (Å²) in [5.74, 6) is 1.05. The van der Waals surface area contributed by atoms with Crippen LogP contribution in [0.5, 0.6) is 5.75 Å². The van der Waals surface area contributed by atoms with E-state index in [2.05, 4.69) is 0 Å². The van der Waals surface area contributed by atoms with E-state index in [1.165, 1.54) is 0 Å². The molecule has 25 heavy (non-hydrogen) atoms. The van der Waals surface area contributed by atoms with Gasteiger partial charge in [0.25, 0.3) is 0 Å². The van der Waals surface area contributed by atoms with Crippen molar-refractivity contribution in [2.45, 2.75) is 25.7 Å². The second-order valence-electron chi connectivity index (χ2n) is 6.32. The zero-order chi connectivity index (χ0) is 17.2. The first-order valence-corrected chi connectivity index (χ1v) is 8.58. The molecule has 1 aliphatic carbocycles. The third kappa shape index (κ3) is 2.95. The van der Waals surface area contributed by atoms with Crippen molar-refractivity contribution in [3.8, 4) is 11.4 Å². The number of fused-ring (bicyclic) bond motifs is 1. The zero-order valence-electron chi connectivity index (χ0n) is 14.2. The quantitative estimate of drug-likeness (QED) is 0.725. The van der Waals surface area contributed by atoms with Gasteiger partial charge in [0.1, 0.15) is 5.75 Å². The summed E-state index contributed by atoms with van der Waals surface area (Å²) in [5, 5.41) is 4.81. The molecule has 126 valence electrons. The molecule has 0 radical (unpaired) electrons. The molecule has 3 aromatic rings. The van der Waals surface area contributed by atoms with Crippen LogP contribution in [-0.4, -0.2) is 22.7 Å². The average Bonchev–Trinajstić information content (AvgIpc) is 3.03.